The van der Waals surface area contributed by atoms with Crippen LogP contribution in [0.15, 0.2) is 127 Å². The van der Waals surface area contributed by atoms with E-state index in [9.17, 15) is 0 Å². The third kappa shape index (κ3) is 2.67. The Morgan fingerprint density at radius 2 is 1.15 bits per heavy atom. The van der Waals surface area contributed by atoms with E-state index in [0.717, 1.165) is 0 Å². The molecule has 1 heterocycles. The predicted molar refractivity (Wildman–Crippen MR) is 171 cm³/mol. The van der Waals surface area contributed by atoms with Gasteiger partial charge in [0.25, 0.3) is 0 Å². The quantitative estimate of drug-likeness (QED) is 0.194. The number of aromatic nitrogens is 1. The lowest BCUT2D eigenvalue weighted by atomic mass is 9.68. The van der Waals surface area contributed by atoms with Crippen molar-refractivity contribution >= 4 is 54.1 Å². The van der Waals surface area contributed by atoms with Gasteiger partial charge in [0.15, 0.2) is 0 Å². The number of para-hydroxylation sites is 1. The van der Waals surface area contributed by atoms with Crippen molar-refractivity contribution in [1.29, 1.82) is 0 Å². The standard InChI is InChI=1S/C39H27N/c1-39(2)32-19-9-7-18-30(32)37-36-25(13-11-20-33(36)39)22-31-29-17-8-10-21-34(29)40(38(31)37)35-23-24-12-3-4-14-26(24)27-15-5-6-16-28(27)35/h3-23H,1-2H3. The first-order chi connectivity index (χ1) is 19.6. The lowest BCUT2D eigenvalue weighted by Gasteiger charge is -2.35. The fourth-order valence-electron chi connectivity index (χ4n) is 7.54. The van der Waals surface area contributed by atoms with Crippen molar-refractivity contribution in [3.05, 3.63) is 139 Å². The summed E-state index contributed by atoms with van der Waals surface area (Å²) in [7, 11) is 0. The molecule has 1 nitrogen and oxygen atoms in total. The molecule has 8 aromatic rings. The minimum Gasteiger partial charge on any atom is -0.308 e. The molecular formula is C39H27N. The monoisotopic (exact) mass is 509 g/mol. The topological polar surface area (TPSA) is 4.93 Å². The summed E-state index contributed by atoms with van der Waals surface area (Å²) >= 11 is 0. The summed E-state index contributed by atoms with van der Waals surface area (Å²) in [5, 5.41) is 10.4. The molecular weight excluding hydrogens is 482 g/mol. The van der Waals surface area contributed by atoms with Crippen molar-refractivity contribution in [2.45, 2.75) is 19.3 Å². The summed E-state index contributed by atoms with van der Waals surface area (Å²) in [6, 6.07) is 47.3. The maximum Gasteiger partial charge on any atom is 0.0626 e. The molecule has 7 aromatic carbocycles. The van der Waals surface area contributed by atoms with Crippen LogP contribution in [0.1, 0.15) is 25.0 Å². The van der Waals surface area contributed by atoms with E-state index in [0.29, 0.717) is 0 Å². The van der Waals surface area contributed by atoms with Crippen LogP contribution in [0, 0.1) is 0 Å². The Hall–Kier alpha value is -4.88. The van der Waals surface area contributed by atoms with Crippen LogP contribution in [-0.2, 0) is 5.41 Å². The fraction of sp³-hybridized carbons (Fsp3) is 0.0769. The minimum absolute atomic E-state index is 0.0801. The molecule has 0 fully saturated rings. The first-order valence-electron chi connectivity index (χ1n) is 14.1. The lowest BCUT2D eigenvalue weighted by Crippen LogP contribution is -2.23. The second kappa shape index (κ2) is 7.61. The highest BCUT2D eigenvalue weighted by molar-refractivity contribution is 6.24. The number of hydrogen-bond donors (Lipinski definition) is 0. The molecule has 0 spiro atoms. The zero-order chi connectivity index (χ0) is 26.6. The second-order valence-electron chi connectivity index (χ2n) is 11.7. The molecule has 40 heavy (non-hydrogen) atoms. The Balaban J connectivity index is 1.59. The van der Waals surface area contributed by atoms with Crippen LogP contribution in [0.3, 0.4) is 0 Å². The maximum atomic E-state index is 2.56. The van der Waals surface area contributed by atoms with Gasteiger partial charge in [0, 0.05) is 27.1 Å². The van der Waals surface area contributed by atoms with Crippen LogP contribution in [0.25, 0.3) is 70.9 Å². The van der Waals surface area contributed by atoms with Crippen molar-refractivity contribution in [2.24, 2.45) is 0 Å². The van der Waals surface area contributed by atoms with E-state index in [1.165, 1.54) is 82.1 Å². The third-order valence-corrected chi connectivity index (χ3v) is 9.33. The average Bonchev–Trinajstić information content (AvgIpc) is 3.32. The molecule has 0 atom stereocenters. The van der Waals surface area contributed by atoms with Crippen molar-refractivity contribution in [2.75, 3.05) is 0 Å². The van der Waals surface area contributed by atoms with Crippen LogP contribution in [-0.4, -0.2) is 4.57 Å². The molecule has 0 aliphatic heterocycles. The summed E-state index contributed by atoms with van der Waals surface area (Å²) in [5.41, 5.74) is 9.18. The first kappa shape index (κ1) is 22.0. The van der Waals surface area contributed by atoms with Crippen molar-refractivity contribution < 1.29 is 0 Å². The molecule has 1 aliphatic carbocycles. The Bertz CT molecular complexity index is 2350. The predicted octanol–water partition coefficient (Wildman–Crippen LogP) is 10.5. The maximum absolute atomic E-state index is 2.56. The lowest BCUT2D eigenvalue weighted by molar-refractivity contribution is 0.645. The third-order valence-electron chi connectivity index (χ3n) is 9.33. The Morgan fingerprint density at radius 1 is 0.500 bits per heavy atom. The molecule has 188 valence electrons. The van der Waals surface area contributed by atoms with Gasteiger partial charge in [-0.15, -0.1) is 0 Å². The van der Waals surface area contributed by atoms with Gasteiger partial charge in [0.2, 0.25) is 0 Å². The first-order valence-corrected chi connectivity index (χ1v) is 14.1. The summed E-state index contributed by atoms with van der Waals surface area (Å²) in [6.07, 6.45) is 0. The van der Waals surface area contributed by atoms with Gasteiger partial charge >= 0.3 is 0 Å². The highest BCUT2D eigenvalue weighted by Gasteiger charge is 2.35. The van der Waals surface area contributed by atoms with Gasteiger partial charge in [0.05, 0.1) is 16.7 Å². The van der Waals surface area contributed by atoms with Gasteiger partial charge in [-0.3, -0.25) is 0 Å². The summed E-state index contributed by atoms with van der Waals surface area (Å²) in [6.45, 7) is 4.75. The molecule has 0 unspecified atom stereocenters. The van der Waals surface area contributed by atoms with Crippen LogP contribution in [0.4, 0.5) is 0 Å². The number of hydrogen-bond acceptors (Lipinski definition) is 0. The van der Waals surface area contributed by atoms with E-state index in [1.807, 2.05) is 0 Å². The summed E-state index contributed by atoms with van der Waals surface area (Å²) in [5.74, 6) is 0. The number of fused-ring (bicyclic) bond motifs is 9. The smallest absolute Gasteiger partial charge is 0.0626 e. The van der Waals surface area contributed by atoms with Crippen LogP contribution in [0.5, 0.6) is 0 Å². The van der Waals surface area contributed by atoms with Crippen molar-refractivity contribution in [3.63, 3.8) is 0 Å². The van der Waals surface area contributed by atoms with Crippen LogP contribution in [0.2, 0.25) is 0 Å². The van der Waals surface area contributed by atoms with Crippen molar-refractivity contribution in [1.82, 2.24) is 4.57 Å². The fourth-order valence-corrected chi connectivity index (χ4v) is 7.54. The number of benzene rings is 7. The Labute approximate surface area is 232 Å². The molecule has 1 aromatic heterocycles. The highest BCUT2D eigenvalue weighted by Crippen LogP contribution is 2.53. The molecule has 9 rings (SSSR count). The van der Waals surface area contributed by atoms with Gasteiger partial charge in [0.1, 0.15) is 0 Å². The molecule has 1 aliphatic rings. The van der Waals surface area contributed by atoms with Gasteiger partial charge in [-0.1, -0.05) is 123 Å². The Morgan fingerprint density at radius 3 is 2.02 bits per heavy atom. The largest absolute Gasteiger partial charge is 0.308 e. The zero-order valence-corrected chi connectivity index (χ0v) is 22.6. The second-order valence-corrected chi connectivity index (χ2v) is 11.7. The van der Waals surface area contributed by atoms with E-state index >= 15 is 0 Å². The van der Waals surface area contributed by atoms with Crippen molar-refractivity contribution in [3.8, 4) is 16.8 Å². The molecule has 0 radical (unpaired) electrons. The highest BCUT2D eigenvalue weighted by atomic mass is 15.0. The van der Waals surface area contributed by atoms with Crippen LogP contribution >= 0.6 is 0 Å². The molecule has 0 saturated heterocycles. The van der Waals surface area contributed by atoms with Gasteiger partial charge < -0.3 is 4.57 Å². The molecule has 1 heteroatoms. The van der Waals surface area contributed by atoms with Gasteiger partial charge in [-0.05, 0) is 61.8 Å². The summed E-state index contributed by atoms with van der Waals surface area (Å²) < 4.78 is 2.56. The van der Waals surface area contributed by atoms with E-state index in [4.69, 9.17) is 0 Å². The number of nitrogens with zero attached hydrogens (tertiary/aromatic N) is 1. The molecule has 0 amide bonds. The summed E-state index contributed by atoms with van der Waals surface area (Å²) in [4.78, 5) is 0. The zero-order valence-electron chi connectivity index (χ0n) is 22.6. The van der Waals surface area contributed by atoms with Crippen LogP contribution < -0.4 is 0 Å². The van der Waals surface area contributed by atoms with E-state index in [-0.39, 0.29) is 5.41 Å². The number of rotatable bonds is 1. The molecule has 0 bridgehead atoms. The van der Waals surface area contributed by atoms with Gasteiger partial charge in [-0.25, -0.2) is 0 Å². The molecule has 0 N–H and O–H groups in total. The van der Waals surface area contributed by atoms with E-state index < -0.39 is 0 Å². The van der Waals surface area contributed by atoms with Gasteiger partial charge in [-0.2, -0.15) is 0 Å². The minimum atomic E-state index is -0.0801. The van der Waals surface area contributed by atoms with E-state index in [1.54, 1.807) is 0 Å². The normalized spacial score (nSPS) is 13.9. The molecule has 0 saturated carbocycles. The Kier molecular flexibility index (Phi) is 4.18. The average molecular weight is 510 g/mol. The SMILES string of the molecule is CC1(C)c2ccccc2-c2c3c1cccc3cc1c3ccccc3n(-c3cc4ccccc4c4ccccc34)c21. The van der Waals surface area contributed by atoms with E-state index in [2.05, 4.69) is 146 Å².